The van der Waals surface area contributed by atoms with Crippen LogP contribution in [0.2, 0.25) is 0 Å². The molecule has 0 bridgehead atoms. The van der Waals surface area contributed by atoms with Crippen molar-refractivity contribution < 1.29 is 17.9 Å². The number of carbonyl (C=O) groups is 1. The lowest BCUT2D eigenvalue weighted by Gasteiger charge is -2.19. The molecule has 0 unspecified atom stereocenters. The molecule has 21 heavy (non-hydrogen) atoms. The van der Waals surface area contributed by atoms with Crippen LogP contribution in [0.5, 0.6) is 0 Å². The molecule has 1 fully saturated rings. The van der Waals surface area contributed by atoms with Gasteiger partial charge < -0.3 is 10.1 Å². The van der Waals surface area contributed by atoms with Gasteiger partial charge in [-0.2, -0.15) is 0 Å². The number of carbonyl (C=O) groups excluding carboxylic acids is 1. The molecule has 1 aromatic heterocycles. The zero-order chi connectivity index (χ0) is 15.7. The first kappa shape index (κ1) is 15.8. The minimum atomic E-state index is -3.21. The maximum absolute atomic E-state index is 12.0. The van der Waals surface area contributed by atoms with Crippen LogP contribution in [0.3, 0.4) is 0 Å². The minimum absolute atomic E-state index is 0.193. The SMILES string of the molecule is CC(C)(C)OC(=O)NCc1ccc(S(=O)(=O)C2CC2)cn1. The van der Waals surface area contributed by atoms with Crippen LogP contribution >= 0.6 is 0 Å². The van der Waals surface area contributed by atoms with Gasteiger partial charge in [0, 0.05) is 6.20 Å². The van der Waals surface area contributed by atoms with Crippen molar-refractivity contribution in [2.24, 2.45) is 0 Å². The summed E-state index contributed by atoms with van der Waals surface area (Å²) in [6.45, 7) is 5.53. The fourth-order valence-electron chi connectivity index (χ4n) is 1.73. The molecule has 7 heteroatoms. The Labute approximate surface area is 124 Å². The van der Waals surface area contributed by atoms with Crippen LogP contribution in [0.4, 0.5) is 4.79 Å². The standard InChI is InChI=1S/C14H20N2O4S/c1-14(2,3)20-13(17)16-8-10-4-5-12(9-15-10)21(18,19)11-6-7-11/h4-5,9,11H,6-8H2,1-3H3,(H,16,17). The van der Waals surface area contributed by atoms with Crippen LogP contribution in [-0.4, -0.2) is 30.3 Å². The van der Waals surface area contributed by atoms with E-state index in [0.29, 0.717) is 5.69 Å². The third-order valence-electron chi connectivity index (χ3n) is 2.90. The number of ether oxygens (including phenoxy) is 1. The first-order chi connectivity index (χ1) is 9.68. The van der Waals surface area contributed by atoms with E-state index >= 15 is 0 Å². The zero-order valence-electron chi connectivity index (χ0n) is 12.4. The molecule has 1 heterocycles. The summed E-state index contributed by atoms with van der Waals surface area (Å²) in [7, 11) is -3.21. The molecule has 1 saturated carbocycles. The highest BCUT2D eigenvalue weighted by Gasteiger charge is 2.36. The predicted octanol–water partition coefficient (Wildman–Crippen LogP) is 2.04. The van der Waals surface area contributed by atoms with Crippen molar-refractivity contribution in [3.8, 4) is 0 Å². The van der Waals surface area contributed by atoms with Gasteiger partial charge in [-0.25, -0.2) is 13.2 Å². The average Bonchev–Trinajstić information content (AvgIpc) is 3.19. The Balaban J connectivity index is 1.93. The van der Waals surface area contributed by atoms with E-state index in [9.17, 15) is 13.2 Å². The molecule has 0 aliphatic heterocycles. The van der Waals surface area contributed by atoms with Crippen LogP contribution in [0.1, 0.15) is 39.3 Å². The van der Waals surface area contributed by atoms with E-state index in [0.717, 1.165) is 12.8 Å². The van der Waals surface area contributed by atoms with Gasteiger partial charge in [0.2, 0.25) is 0 Å². The second-order valence-corrected chi connectivity index (χ2v) is 8.31. The van der Waals surface area contributed by atoms with Crippen LogP contribution < -0.4 is 5.32 Å². The topological polar surface area (TPSA) is 85.4 Å². The molecule has 1 aliphatic carbocycles. The van der Waals surface area contributed by atoms with Crippen molar-refractivity contribution in [1.82, 2.24) is 10.3 Å². The Morgan fingerprint density at radius 1 is 1.38 bits per heavy atom. The van der Waals surface area contributed by atoms with E-state index in [1.807, 2.05) is 0 Å². The summed E-state index contributed by atoms with van der Waals surface area (Å²) in [6.07, 6.45) is 2.27. The molecule has 2 rings (SSSR count). The molecular formula is C14H20N2O4S. The summed E-state index contributed by atoms with van der Waals surface area (Å²) in [5.74, 6) is 0. The second-order valence-electron chi connectivity index (χ2n) is 6.09. The van der Waals surface area contributed by atoms with E-state index in [1.165, 1.54) is 12.3 Å². The number of amides is 1. The van der Waals surface area contributed by atoms with Crippen molar-refractivity contribution in [3.05, 3.63) is 24.0 Å². The third-order valence-corrected chi connectivity index (χ3v) is 5.15. The van der Waals surface area contributed by atoms with Gasteiger partial charge in [0.15, 0.2) is 9.84 Å². The quantitative estimate of drug-likeness (QED) is 0.919. The number of alkyl carbamates (subject to hydrolysis) is 1. The number of nitrogens with zero attached hydrogens (tertiary/aromatic N) is 1. The van der Waals surface area contributed by atoms with Crippen LogP contribution in [0.15, 0.2) is 23.2 Å². The number of rotatable bonds is 4. The van der Waals surface area contributed by atoms with Gasteiger partial charge in [0.25, 0.3) is 0 Å². The highest BCUT2D eigenvalue weighted by atomic mass is 32.2. The third kappa shape index (κ3) is 4.42. The van der Waals surface area contributed by atoms with Gasteiger partial charge in [0.05, 0.1) is 22.4 Å². The molecule has 1 aromatic rings. The Kier molecular flexibility index (Phi) is 4.22. The van der Waals surface area contributed by atoms with Crippen LogP contribution in [0.25, 0.3) is 0 Å². The summed E-state index contributed by atoms with van der Waals surface area (Å²) in [6, 6.07) is 3.14. The van der Waals surface area contributed by atoms with Gasteiger partial charge in [-0.05, 0) is 45.7 Å². The molecule has 116 valence electrons. The van der Waals surface area contributed by atoms with Gasteiger partial charge >= 0.3 is 6.09 Å². The summed E-state index contributed by atoms with van der Waals surface area (Å²) in [5, 5.41) is 2.33. The van der Waals surface area contributed by atoms with Crippen LogP contribution in [-0.2, 0) is 21.1 Å². The molecule has 6 nitrogen and oxygen atoms in total. The number of hydrogen-bond acceptors (Lipinski definition) is 5. The second kappa shape index (κ2) is 5.63. The monoisotopic (exact) mass is 312 g/mol. The highest BCUT2D eigenvalue weighted by molar-refractivity contribution is 7.92. The normalized spacial score (nSPS) is 15.6. The molecule has 1 aliphatic rings. The maximum Gasteiger partial charge on any atom is 0.407 e. The lowest BCUT2D eigenvalue weighted by atomic mass is 10.2. The summed E-state index contributed by atoms with van der Waals surface area (Å²) < 4.78 is 29.1. The van der Waals surface area contributed by atoms with Crippen molar-refractivity contribution in [1.29, 1.82) is 0 Å². The first-order valence-electron chi connectivity index (χ1n) is 6.84. The lowest BCUT2D eigenvalue weighted by molar-refractivity contribution is 0.0523. The number of aromatic nitrogens is 1. The Hall–Kier alpha value is -1.63. The zero-order valence-corrected chi connectivity index (χ0v) is 13.2. The van der Waals surface area contributed by atoms with Gasteiger partial charge in [-0.15, -0.1) is 0 Å². The van der Waals surface area contributed by atoms with Crippen molar-refractivity contribution in [3.63, 3.8) is 0 Å². The van der Waals surface area contributed by atoms with Crippen molar-refractivity contribution in [2.75, 3.05) is 0 Å². The number of nitrogens with one attached hydrogen (secondary N) is 1. The molecule has 0 radical (unpaired) electrons. The summed E-state index contributed by atoms with van der Waals surface area (Å²) in [4.78, 5) is 15.8. The molecule has 1 amide bonds. The van der Waals surface area contributed by atoms with Gasteiger partial charge in [-0.1, -0.05) is 0 Å². The summed E-state index contributed by atoms with van der Waals surface area (Å²) in [5.41, 5.74) is 0.0234. The Bertz CT molecular complexity index is 613. The molecular weight excluding hydrogens is 292 g/mol. The van der Waals surface area contributed by atoms with Crippen LogP contribution in [0, 0.1) is 0 Å². The lowest BCUT2D eigenvalue weighted by Crippen LogP contribution is -2.32. The Morgan fingerprint density at radius 3 is 2.52 bits per heavy atom. The molecule has 0 spiro atoms. The van der Waals surface area contributed by atoms with Crippen molar-refractivity contribution in [2.45, 2.75) is 55.9 Å². The fourth-order valence-corrected chi connectivity index (χ4v) is 3.33. The van der Waals surface area contributed by atoms with E-state index in [-0.39, 0.29) is 16.7 Å². The maximum atomic E-state index is 12.0. The molecule has 0 aromatic carbocycles. The number of pyridine rings is 1. The minimum Gasteiger partial charge on any atom is -0.444 e. The summed E-state index contributed by atoms with van der Waals surface area (Å²) >= 11 is 0. The van der Waals surface area contributed by atoms with Crippen molar-refractivity contribution >= 4 is 15.9 Å². The molecule has 0 atom stereocenters. The van der Waals surface area contributed by atoms with E-state index in [1.54, 1.807) is 26.8 Å². The van der Waals surface area contributed by atoms with E-state index in [2.05, 4.69) is 10.3 Å². The average molecular weight is 312 g/mol. The Morgan fingerprint density at radius 2 is 2.05 bits per heavy atom. The highest BCUT2D eigenvalue weighted by Crippen LogP contribution is 2.33. The van der Waals surface area contributed by atoms with E-state index < -0.39 is 21.5 Å². The predicted molar refractivity (Wildman–Crippen MR) is 77.5 cm³/mol. The molecule has 0 saturated heterocycles. The molecule has 1 N–H and O–H groups in total. The van der Waals surface area contributed by atoms with E-state index in [4.69, 9.17) is 4.74 Å². The number of hydrogen-bond donors (Lipinski definition) is 1. The number of sulfone groups is 1. The first-order valence-corrected chi connectivity index (χ1v) is 8.39. The smallest absolute Gasteiger partial charge is 0.407 e. The van der Waals surface area contributed by atoms with Gasteiger partial charge in [0.1, 0.15) is 5.60 Å². The largest absolute Gasteiger partial charge is 0.444 e. The van der Waals surface area contributed by atoms with Gasteiger partial charge in [-0.3, -0.25) is 4.98 Å². The fraction of sp³-hybridized carbons (Fsp3) is 0.571.